The van der Waals surface area contributed by atoms with Gasteiger partial charge in [0.25, 0.3) is 0 Å². The summed E-state index contributed by atoms with van der Waals surface area (Å²) >= 11 is 0. The van der Waals surface area contributed by atoms with E-state index in [0.717, 1.165) is 25.9 Å². The number of hydrogen-bond donors (Lipinski definition) is 1. The highest BCUT2D eigenvalue weighted by molar-refractivity contribution is 5.96. The number of rotatable bonds is 2. The minimum Gasteiger partial charge on any atom is -0.333 e. The van der Waals surface area contributed by atoms with Gasteiger partial charge in [-0.2, -0.15) is 0 Å². The van der Waals surface area contributed by atoms with Gasteiger partial charge < -0.3 is 15.1 Å². The standard InChI is InChI=1S/C17H22FN3O2/c18-13-6-5-7-15(10-13)21-12-14(11-16(21)22)19-17(23)20-8-3-1-2-4-9-20/h5-7,10,14H,1-4,8-9,11-12H2,(H,19,23)/t14-/m1/s1. The molecule has 0 aliphatic carbocycles. The molecule has 0 saturated carbocycles. The number of likely N-dealkylation sites (tertiary alicyclic amines) is 1. The molecular formula is C17H22FN3O2. The molecule has 0 radical (unpaired) electrons. The quantitative estimate of drug-likeness (QED) is 0.910. The van der Waals surface area contributed by atoms with Gasteiger partial charge in [-0.3, -0.25) is 4.79 Å². The van der Waals surface area contributed by atoms with Gasteiger partial charge in [0.15, 0.2) is 0 Å². The number of amides is 3. The van der Waals surface area contributed by atoms with Crippen LogP contribution in [0.25, 0.3) is 0 Å². The molecule has 3 rings (SSSR count). The Kier molecular flexibility index (Phi) is 4.79. The topological polar surface area (TPSA) is 52.7 Å². The molecule has 23 heavy (non-hydrogen) atoms. The van der Waals surface area contributed by atoms with Crippen LogP contribution < -0.4 is 10.2 Å². The largest absolute Gasteiger partial charge is 0.333 e. The van der Waals surface area contributed by atoms with Crippen molar-refractivity contribution in [1.29, 1.82) is 0 Å². The summed E-state index contributed by atoms with van der Waals surface area (Å²) in [4.78, 5) is 27.9. The van der Waals surface area contributed by atoms with Crippen LogP contribution in [0.5, 0.6) is 0 Å². The number of anilines is 1. The first-order chi connectivity index (χ1) is 11.1. The van der Waals surface area contributed by atoms with Gasteiger partial charge in [-0.25, -0.2) is 9.18 Å². The second-order valence-electron chi connectivity index (χ2n) is 6.24. The summed E-state index contributed by atoms with van der Waals surface area (Å²) in [5, 5.41) is 2.95. The highest BCUT2D eigenvalue weighted by Crippen LogP contribution is 2.22. The molecule has 5 nitrogen and oxygen atoms in total. The molecule has 6 heteroatoms. The van der Waals surface area contributed by atoms with Gasteiger partial charge in [0.2, 0.25) is 5.91 Å². The number of hydrogen-bond acceptors (Lipinski definition) is 2. The molecule has 0 bridgehead atoms. The van der Waals surface area contributed by atoms with Crippen LogP contribution in [-0.4, -0.2) is 42.5 Å². The van der Waals surface area contributed by atoms with Crippen molar-refractivity contribution in [2.45, 2.75) is 38.1 Å². The third-order valence-electron chi connectivity index (χ3n) is 4.47. The highest BCUT2D eigenvalue weighted by atomic mass is 19.1. The van der Waals surface area contributed by atoms with E-state index in [-0.39, 0.29) is 30.2 Å². The zero-order valence-corrected chi connectivity index (χ0v) is 13.1. The van der Waals surface area contributed by atoms with Crippen molar-refractivity contribution >= 4 is 17.6 Å². The molecule has 1 atom stereocenters. The molecule has 1 N–H and O–H groups in total. The predicted octanol–water partition coefficient (Wildman–Crippen LogP) is 2.52. The molecule has 124 valence electrons. The Morgan fingerprint density at radius 3 is 2.61 bits per heavy atom. The van der Waals surface area contributed by atoms with E-state index >= 15 is 0 Å². The molecule has 0 unspecified atom stereocenters. The zero-order valence-electron chi connectivity index (χ0n) is 13.1. The van der Waals surface area contributed by atoms with E-state index < -0.39 is 0 Å². The summed E-state index contributed by atoms with van der Waals surface area (Å²) in [5.41, 5.74) is 0.543. The first-order valence-corrected chi connectivity index (χ1v) is 8.25. The molecule has 1 aromatic carbocycles. The van der Waals surface area contributed by atoms with E-state index in [0.29, 0.717) is 12.2 Å². The summed E-state index contributed by atoms with van der Waals surface area (Å²) < 4.78 is 13.3. The average Bonchev–Trinajstić information content (AvgIpc) is 2.74. The molecule has 0 spiro atoms. The monoisotopic (exact) mass is 319 g/mol. The van der Waals surface area contributed by atoms with Crippen LogP contribution >= 0.6 is 0 Å². The number of benzene rings is 1. The third kappa shape index (κ3) is 3.81. The second kappa shape index (κ2) is 6.98. The minimum atomic E-state index is -0.368. The highest BCUT2D eigenvalue weighted by Gasteiger charge is 2.32. The Hall–Kier alpha value is -2.11. The van der Waals surface area contributed by atoms with Crippen LogP contribution in [0.2, 0.25) is 0 Å². The van der Waals surface area contributed by atoms with E-state index in [1.807, 2.05) is 4.90 Å². The molecular weight excluding hydrogens is 297 g/mol. The van der Waals surface area contributed by atoms with Gasteiger partial charge in [-0.05, 0) is 31.0 Å². The molecule has 2 heterocycles. The van der Waals surface area contributed by atoms with E-state index in [1.165, 1.54) is 29.9 Å². The van der Waals surface area contributed by atoms with Crippen molar-refractivity contribution in [2.24, 2.45) is 0 Å². The van der Waals surface area contributed by atoms with Crippen molar-refractivity contribution in [2.75, 3.05) is 24.5 Å². The zero-order chi connectivity index (χ0) is 16.2. The average molecular weight is 319 g/mol. The van der Waals surface area contributed by atoms with E-state index in [1.54, 1.807) is 12.1 Å². The second-order valence-corrected chi connectivity index (χ2v) is 6.24. The molecule has 2 saturated heterocycles. The Labute approximate surface area is 135 Å². The first-order valence-electron chi connectivity index (χ1n) is 8.25. The number of nitrogens with zero attached hydrogens (tertiary/aromatic N) is 2. The maximum Gasteiger partial charge on any atom is 0.317 e. The van der Waals surface area contributed by atoms with E-state index in [2.05, 4.69) is 5.32 Å². The van der Waals surface area contributed by atoms with Crippen LogP contribution in [0.1, 0.15) is 32.1 Å². The lowest BCUT2D eigenvalue weighted by Crippen LogP contribution is -2.46. The maximum atomic E-state index is 13.3. The SMILES string of the molecule is O=C(N[C@@H]1CC(=O)N(c2cccc(F)c2)C1)N1CCCCCC1. The Bertz CT molecular complexity index is 585. The first kappa shape index (κ1) is 15.8. The fourth-order valence-electron chi connectivity index (χ4n) is 3.24. The van der Waals surface area contributed by atoms with Gasteiger partial charge in [0.05, 0.1) is 6.04 Å². The number of urea groups is 1. The van der Waals surface area contributed by atoms with Crippen LogP contribution in [-0.2, 0) is 4.79 Å². The summed E-state index contributed by atoms with van der Waals surface area (Å²) in [5.74, 6) is -0.455. The molecule has 3 amide bonds. The molecule has 2 aliphatic rings. The number of carbonyl (C=O) groups is 2. The fraction of sp³-hybridized carbons (Fsp3) is 0.529. The smallest absolute Gasteiger partial charge is 0.317 e. The lowest BCUT2D eigenvalue weighted by atomic mass is 10.2. The fourth-order valence-corrected chi connectivity index (χ4v) is 3.24. The van der Waals surface area contributed by atoms with Crippen LogP contribution in [0, 0.1) is 5.82 Å². The van der Waals surface area contributed by atoms with E-state index in [4.69, 9.17) is 0 Å². The minimum absolute atomic E-state index is 0.0863. The predicted molar refractivity (Wildman–Crippen MR) is 85.7 cm³/mol. The molecule has 0 aromatic heterocycles. The lowest BCUT2D eigenvalue weighted by molar-refractivity contribution is -0.117. The van der Waals surface area contributed by atoms with Crippen LogP contribution in [0.15, 0.2) is 24.3 Å². The van der Waals surface area contributed by atoms with Crippen molar-refractivity contribution in [1.82, 2.24) is 10.2 Å². The van der Waals surface area contributed by atoms with Gasteiger partial charge in [-0.1, -0.05) is 18.9 Å². The Balaban J connectivity index is 1.60. The molecule has 2 aliphatic heterocycles. The van der Waals surface area contributed by atoms with Gasteiger partial charge in [0.1, 0.15) is 5.82 Å². The van der Waals surface area contributed by atoms with Crippen molar-refractivity contribution in [3.05, 3.63) is 30.1 Å². The Morgan fingerprint density at radius 2 is 1.91 bits per heavy atom. The number of carbonyl (C=O) groups excluding carboxylic acids is 2. The Morgan fingerprint density at radius 1 is 1.17 bits per heavy atom. The van der Waals surface area contributed by atoms with Gasteiger partial charge >= 0.3 is 6.03 Å². The van der Waals surface area contributed by atoms with E-state index in [9.17, 15) is 14.0 Å². The van der Waals surface area contributed by atoms with Gasteiger partial charge in [-0.15, -0.1) is 0 Å². The third-order valence-corrected chi connectivity index (χ3v) is 4.47. The van der Waals surface area contributed by atoms with Crippen molar-refractivity contribution in [3.8, 4) is 0 Å². The molecule has 2 fully saturated rings. The summed E-state index contributed by atoms with van der Waals surface area (Å²) in [7, 11) is 0. The van der Waals surface area contributed by atoms with Gasteiger partial charge in [0, 0.05) is 31.7 Å². The summed E-state index contributed by atoms with van der Waals surface area (Å²) in [6.45, 7) is 1.95. The number of halogens is 1. The molecule has 1 aromatic rings. The normalized spacial score (nSPS) is 22.1. The summed E-state index contributed by atoms with van der Waals surface area (Å²) in [6, 6.07) is 5.67. The summed E-state index contributed by atoms with van der Waals surface area (Å²) in [6.07, 6.45) is 4.66. The van der Waals surface area contributed by atoms with Crippen molar-refractivity contribution < 1.29 is 14.0 Å². The lowest BCUT2D eigenvalue weighted by Gasteiger charge is -2.23. The number of nitrogens with one attached hydrogen (secondary N) is 1. The van der Waals surface area contributed by atoms with Crippen molar-refractivity contribution in [3.63, 3.8) is 0 Å². The van der Waals surface area contributed by atoms with Crippen LogP contribution in [0.4, 0.5) is 14.9 Å². The maximum absolute atomic E-state index is 13.3. The van der Waals surface area contributed by atoms with Crippen LogP contribution in [0.3, 0.4) is 0 Å².